The summed E-state index contributed by atoms with van der Waals surface area (Å²) in [5.41, 5.74) is 7.03. The number of hydrogen-bond donors (Lipinski definition) is 4. The van der Waals surface area contributed by atoms with Crippen molar-refractivity contribution in [3.63, 3.8) is 0 Å². The van der Waals surface area contributed by atoms with E-state index < -0.39 is 6.03 Å². The van der Waals surface area contributed by atoms with Crippen molar-refractivity contribution in [3.05, 3.63) is 29.8 Å². The molecule has 1 aliphatic heterocycles. The molecule has 5 N–H and O–H groups in total. The molecule has 0 saturated carbocycles. The quantitative estimate of drug-likeness (QED) is 0.649. The summed E-state index contributed by atoms with van der Waals surface area (Å²) in [5.74, 6) is 0. The molecule has 2 amide bonds. The highest BCUT2D eigenvalue weighted by atomic mass is 16.2. The first-order valence-corrected chi connectivity index (χ1v) is 7.70. The predicted octanol–water partition coefficient (Wildman–Crippen LogP) is 2.36. The van der Waals surface area contributed by atoms with E-state index in [-0.39, 0.29) is 6.04 Å². The summed E-state index contributed by atoms with van der Waals surface area (Å²) in [6.07, 6.45) is 3.74. The number of urea groups is 1. The van der Waals surface area contributed by atoms with Crippen LogP contribution in [0.1, 0.15) is 44.7 Å². The topological polar surface area (TPSA) is 79.2 Å². The molecule has 0 spiro atoms. The zero-order chi connectivity index (χ0) is 15.2. The van der Waals surface area contributed by atoms with Crippen LogP contribution >= 0.6 is 0 Å². The zero-order valence-electron chi connectivity index (χ0n) is 12.9. The van der Waals surface area contributed by atoms with Crippen LogP contribution in [0.2, 0.25) is 0 Å². The van der Waals surface area contributed by atoms with E-state index in [2.05, 4.69) is 29.8 Å². The van der Waals surface area contributed by atoms with Gasteiger partial charge in [0.2, 0.25) is 0 Å². The number of benzene rings is 1. The lowest BCUT2D eigenvalue weighted by Gasteiger charge is -2.23. The maximum absolute atomic E-state index is 10.8. The summed E-state index contributed by atoms with van der Waals surface area (Å²) in [5, 5.41) is 9.74. The molecule has 3 atom stereocenters. The second-order valence-corrected chi connectivity index (χ2v) is 5.93. The summed E-state index contributed by atoms with van der Waals surface area (Å²) in [4.78, 5) is 10.8. The van der Waals surface area contributed by atoms with Crippen molar-refractivity contribution in [2.75, 3.05) is 11.9 Å². The van der Waals surface area contributed by atoms with Gasteiger partial charge in [-0.2, -0.15) is 0 Å². The highest BCUT2D eigenvalue weighted by Crippen LogP contribution is 2.18. The first-order chi connectivity index (χ1) is 10.0. The molecule has 116 valence electrons. The molecule has 0 radical (unpaired) electrons. The molecule has 2 rings (SSSR count). The third kappa shape index (κ3) is 5.02. The SMILES string of the molecule is CC(CC1CCCN1)NC(C)c1ccc(NC(N)=O)cc1. The Kier molecular flexibility index (Phi) is 5.59. The molecular formula is C16H26N4O. The fraction of sp³-hybridized carbons (Fsp3) is 0.562. The molecule has 1 aromatic rings. The Labute approximate surface area is 126 Å². The van der Waals surface area contributed by atoms with Crippen LogP contribution in [0.15, 0.2) is 24.3 Å². The molecule has 3 unspecified atom stereocenters. The molecule has 21 heavy (non-hydrogen) atoms. The number of primary amides is 1. The Morgan fingerprint density at radius 1 is 1.38 bits per heavy atom. The van der Waals surface area contributed by atoms with Crippen molar-refractivity contribution in [1.82, 2.24) is 10.6 Å². The molecular weight excluding hydrogens is 264 g/mol. The van der Waals surface area contributed by atoms with Gasteiger partial charge in [-0.05, 0) is 57.4 Å². The van der Waals surface area contributed by atoms with Gasteiger partial charge in [0.15, 0.2) is 0 Å². The molecule has 1 aromatic carbocycles. The monoisotopic (exact) mass is 290 g/mol. The second-order valence-electron chi connectivity index (χ2n) is 5.93. The zero-order valence-corrected chi connectivity index (χ0v) is 12.9. The molecule has 1 saturated heterocycles. The van der Waals surface area contributed by atoms with Gasteiger partial charge < -0.3 is 21.7 Å². The smallest absolute Gasteiger partial charge is 0.316 e. The number of anilines is 1. The summed E-state index contributed by atoms with van der Waals surface area (Å²) >= 11 is 0. The molecule has 5 heteroatoms. The summed E-state index contributed by atoms with van der Waals surface area (Å²) < 4.78 is 0. The third-order valence-electron chi connectivity index (χ3n) is 4.01. The van der Waals surface area contributed by atoms with Crippen LogP contribution in [0.3, 0.4) is 0 Å². The van der Waals surface area contributed by atoms with Crippen molar-refractivity contribution < 1.29 is 4.79 Å². The van der Waals surface area contributed by atoms with E-state index in [4.69, 9.17) is 5.73 Å². The maximum Gasteiger partial charge on any atom is 0.316 e. The number of amides is 2. The van der Waals surface area contributed by atoms with E-state index in [0.717, 1.165) is 18.7 Å². The van der Waals surface area contributed by atoms with E-state index >= 15 is 0 Å². The van der Waals surface area contributed by atoms with Crippen molar-refractivity contribution in [3.8, 4) is 0 Å². The van der Waals surface area contributed by atoms with Crippen LogP contribution in [0, 0.1) is 0 Å². The van der Waals surface area contributed by atoms with E-state index in [9.17, 15) is 4.79 Å². The molecule has 0 aromatic heterocycles. The highest BCUT2D eigenvalue weighted by Gasteiger charge is 2.18. The molecule has 1 heterocycles. The van der Waals surface area contributed by atoms with Gasteiger partial charge in [0, 0.05) is 23.8 Å². The Balaban J connectivity index is 1.84. The number of rotatable bonds is 6. The van der Waals surface area contributed by atoms with Crippen molar-refractivity contribution in [2.24, 2.45) is 5.73 Å². The summed E-state index contributed by atoms with van der Waals surface area (Å²) in [6.45, 7) is 5.55. The molecule has 0 aliphatic carbocycles. The van der Waals surface area contributed by atoms with E-state index in [1.807, 2.05) is 24.3 Å². The van der Waals surface area contributed by atoms with Gasteiger partial charge in [-0.3, -0.25) is 0 Å². The number of carbonyl (C=O) groups is 1. The lowest BCUT2D eigenvalue weighted by Crippen LogP contribution is -2.35. The van der Waals surface area contributed by atoms with E-state index in [0.29, 0.717) is 12.1 Å². The lowest BCUT2D eigenvalue weighted by atomic mass is 10.0. The minimum atomic E-state index is -0.536. The van der Waals surface area contributed by atoms with Gasteiger partial charge >= 0.3 is 6.03 Å². The molecule has 1 fully saturated rings. The molecule has 5 nitrogen and oxygen atoms in total. The van der Waals surface area contributed by atoms with Crippen molar-refractivity contribution in [2.45, 2.75) is 51.2 Å². The van der Waals surface area contributed by atoms with Gasteiger partial charge in [0.25, 0.3) is 0 Å². The Morgan fingerprint density at radius 3 is 2.67 bits per heavy atom. The summed E-state index contributed by atoms with van der Waals surface area (Å²) in [7, 11) is 0. The average molecular weight is 290 g/mol. The average Bonchev–Trinajstić information content (AvgIpc) is 2.91. The highest BCUT2D eigenvalue weighted by molar-refractivity contribution is 5.87. The molecule has 1 aliphatic rings. The van der Waals surface area contributed by atoms with Gasteiger partial charge in [-0.15, -0.1) is 0 Å². The minimum absolute atomic E-state index is 0.282. The van der Waals surface area contributed by atoms with Crippen LogP contribution < -0.4 is 21.7 Å². The van der Waals surface area contributed by atoms with Crippen molar-refractivity contribution in [1.29, 1.82) is 0 Å². The number of carbonyl (C=O) groups excluding carboxylic acids is 1. The van der Waals surface area contributed by atoms with Gasteiger partial charge in [-0.25, -0.2) is 4.79 Å². The fourth-order valence-corrected chi connectivity index (χ4v) is 2.97. The van der Waals surface area contributed by atoms with Gasteiger partial charge in [0.05, 0.1) is 0 Å². The second kappa shape index (κ2) is 7.43. The predicted molar refractivity (Wildman–Crippen MR) is 86.3 cm³/mol. The van der Waals surface area contributed by atoms with E-state index in [1.165, 1.54) is 18.4 Å². The minimum Gasteiger partial charge on any atom is -0.351 e. The summed E-state index contributed by atoms with van der Waals surface area (Å²) in [6, 6.07) is 8.66. The fourth-order valence-electron chi connectivity index (χ4n) is 2.97. The number of nitrogens with one attached hydrogen (secondary N) is 3. The Hall–Kier alpha value is -1.59. The van der Waals surface area contributed by atoms with Crippen LogP contribution in [-0.4, -0.2) is 24.7 Å². The van der Waals surface area contributed by atoms with Crippen LogP contribution in [0.4, 0.5) is 10.5 Å². The van der Waals surface area contributed by atoms with Crippen LogP contribution in [0.5, 0.6) is 0 Å². The third-order valence-corrected chi connectivity index (χ3v) is 4.01. The first-order valence-electron chi connectivity index (χ1n) is 7.70. The number of nitrogens with two attached hydrogens (primary N) is 1. The molecule has 0 bridgehead atoms. The van der Waals surface area contributed by atoms with Crippen molar-refractivity contribution >= 4 is 11.7 Å². The Morgan fingerprint density at radius 2 is 2.10 bits per heavy atom. The first kappa shape index (κ1) is 15.8. The normalized spacial score (nSPS) is 21.0. The number of hydrogen-bond acceptors (Lipinski definition) is 3. The van der Waals surface area contributed by atoms with Gasteiger partial charge in [-0.1, -0.05) is 12.1 Å². The maximum atomic E-state index is 10.8. The van der Waals surface area contributed by atoms with E-state index in [1.54, 1.807) is 0 Å². The Bertz CT molecular complexity index is 454. The van der Waals surface area contributed by atoms with Crippen LogP contribution in [-0.2, 0) is 0 Å². The lowest BCUT2D eigenvalue weighted by molar-refractivity contribution is 0.259. The largest absolute Gasteiger partial charge is 0.351 e. The van der Waals surface area contributed by atoms with Crippen LogP contribution in [0.25, 0.3) is 0 Å². The standard InChI is InChI=1S/C16H26N4O/c1-11(10-15-4-3-9-18-15)19-12(2)13-5-7-14(8-6-13)20-16(17)21/h5-8,11-12,15,18-19H,3-4,9-10H2,1-2H3,(H3,17,20,21). The van der Waals surface area contributed by atoms with Gasteiger partial charge in [0.1, 0.15) is 0 Å².